The van der Waals surface area contributed by atoms with Crippen LogP contribution in [-0.4, -0.2) is 11.1 Å². The molecule has 7 heteroatoms. The lowest BCUT2D eigenvalue weighted by Gasteiger charge is -2.12. The standard InChI is InChI=1S/C18H13F3N2O2/c19-18(20,21)11-4-1-5-12(10-11)22-17(25)23-15-8-2-7-14-13(15)6-3-9-16(14)24/h1-10,24H,(H2,22,23,25). The Labute approximate surface area is 140 Å². The minimum atomic E-state index is -4.48. The summed E-state index contributed by atoms with van der Waals surface area (Å²) in [7, 11) is 0. The second-order valence-corrected chi connectivity index (χ2v) is 5.34. The molecule has 0 unspecified atom stereocenters. The van der Waals surface area contributed by atoms with Crippen LogP contribution in [0.4, 0.5) is 29.3 Å². The van der Waals surface area contributed by atoms with Crippen molar-refractivity contribution >= 4 is 28.2 Å². The van der Waals surface area contributed by atoms with Crippen molar-refractivity contribution in [2.24, 2.45) is 0 Å². The molecule has 3 rings (SSSR count). The Bertz CT molecular complexity index is 939. The van der Waals surface area contributed by atoms with E-state index < -0.39 is 17.8 Å². The summed E-state index contributed by atoms with van der Waals surface area (Å²) in [5.74, 6) is 0.0689. The van der Waals surface area contributed by atoms with Crippen LogP contribution in [0.25, 0.3) is 10.8 Å². The van der Waals surface area contributed by atoms with Gasteiger partial charge in [0.1, 0.15) is 5.75 Å². The quantitative estimate of drug-likeness (QED) is 0.597. The maximum atomic E-state index is 12.7. The number of phenolic OH excluding ortho intramolecular Hbond substituents is 1. The van der Waals surface area contributed by atoms with Crippen molar-refractivity contribution in [3.05, 3.63) is 66.2 Å². The largest absolute Gasteiger partial charge is 0.507 e. The fourth-order valence-electron chi connectivity index (χ4n) is 2.46. The first-order valence-corrected chi connectivity index (χ1v) is 7.30. The van der Waals surface area contributed by atoms with Crippen molar-refractivity contribution in [1.29, 1.82) is 0 Å². The molecule has 0 aromatic heterocycles. The first-order chi connectivity index (χ1) is 11.8. The molecule has 0 bridgehead atoms. The minimum absolute atomic E-state index is 0.0235. The predicted octanol–water partition coefficient (Wildman–Crippen LogP) is 5.21. The molecule has 0 fully saturated rings. The van der Waals surface area contributed by atoms with E-state index >= 15 is 0 Å². The number of amides is 2. The highest BCUT2D eigenvalue weighted by molar-refractivity contribution is 6.07. The first kappa shape index (κ1) is 16.6. The topological polar surface area (TPSA) is 61.4 Å². The summed E-state index contributed by atoms with van der Waals surface area (Å²) in [6, 6.07) is 13.5. The van der Waals surface area contributed by atoms with Gasteiger partial charge in [-0.2, -0.15) is 13.2 Å². The third-order valence-electron chi connectivity index (χ3n) is 3.60. The van der Waals surface area contributed by atoms with Crippen LogP contribution in [0.5, 0.6) is 5.75 Å². The van der Waals surface area contributed by atoms with E-state index in [2.05, 4.69) is 10.6 Å². The first-order valence-electron chi connectivity index (χ1n) is 7.30. The molecule has 0 aliphatic heterocycles. The third-order valence-corrected chi connectivity index (χ3v) is 3.60. The van der Waals surface area contributed by atoms with Crippen molar-refractivity contribution in [3.8, 4) is 5.75 Å². The predicted molar refractivity (Wildman–Crippen MR) is 89.7 cm³/mol. The van der Waals surface area contributed by atoms with Gasteiger partial charge in [-0.25, -0.2) is 4.79 Å². The lowest BCUT2D eigenvalue weighted by Crippen LogP contribution is -2.20. The van der Waals surface area contributed by atoms with Crippen LogP contribution in [0.3, 0.4) is 0 Å². The Balaban J connectivity index is 1.81. The van der Waals surface area contributed by atoms with Crippen LogP contribution in [0.15, 0.2) is 60.7 Å². The van der Waals surface area contributed by atoms with Gasteiger partial charge in [-0.1, -0.05) is 30.3 Å². The smallest absolute Gasteiger partial charge is 0.416 e. The number of alkyl halides is 3. The lowest BCUT2D eigenvalue weighted by atomic mass is 10.1. The average Bonchev–Trinajstić information content (AvgIpc) is 2.55. The van der Waals surface area contributed by atoms with Crippen LogP contribution in [0.2, 0.25) is 0 Å². The van der Waals surface area contributed by atoms with E-state index in [1.54, 1.807) is 30.3 Å². The zero-order valence-electron chi connectivity index (χ0n) is 12.8. The molecule has 3 aromatic carbocycles. The Hall–Kier alpha value is -3.22. The number of fused-ring (bicyclic) bond motifs is 1. The van der Waals surface area contributed by atoms with Gasteiger partial charge in [0, 0.05) is 16.5 Å². The molecule has 2 amide bonds. The molecule has 0 heterocycles. The number of benzene rings is 3. The van der Waals surface area contributed by atoms with Gasteiger partial charge in [-0.15, -0.1) is 0 Å². The molecule has 0 saturated carbocycles. The number of anilines is 2. The van der Waals surface area contributed by atoms with Gasteiger partial charge >= 0.3 is 12.2 Å². The molecule has 3 N–H and O–H groups in total. The van der Waals surface area contributed by atoms with Crippen molar-refractivity contribution in [1.82, 2.24) is 0 Å². The Morgan fingerprint density at radius 1 is 0.880 bits per heavy atom. The minimum Gasteiger partial charge on any atom is -0.507 e. The molecule has 0 spiro atoms. The molecule has 4 nitrogen and oxygen atoms in total. The van der Waals surface area contributed by atoms with E-state index in [1.807, 2.05) is 0 Å². The summed E-state index contributed by atoms with van der Waals surface area (Å²) in [5, 5.41) is 16.0. The monoisotopic (exact) mass is 346 g/mol. The van der Waals surface area contributed by atoms with E-state index in [-0.39, 0.29) is 11.4 Å². The summed E-state index contributed by atoms with van der Waals surface area (Å²) >= 11 is 0. The summed E-state index contributed by atoms with van der Waals surface area (Å²) in [6.07, 6.45) is -4.48. The van der Waals surface area contributed by atoms with Gasteiger partial charge in [0.15, 0.2) is 0 Å². The molecule has 0 saturated heterocycles. The van der Waals surface area contributed by atoms with Gasteiger partial charge in [0.25, 0.3) is 0 Å². The van der Waals surface area contributed by atoms with Gasteiger partial charge in [0.2, 0.25) is 0 Å². The molecular formula is C18H13F3N2O2. The molecule has 3 aromatic rings. The highest BCUT2D eigenvalue weighted by Gasteiger charge is 2.30. The summed E-state index contributed by atoms with van der Waals surface area (Å²) < 4.78 is 38.1. The summed E-state index contributed by atoms with van der Waals surface area (Å²) in [5.41, 5.74) is -0.395. The molecule has 0 aliphatic rings. The Kier molecular flexibility index (Phi) is 4.22. The molecule has 0 aliphatic carbocycles. The average molecular weight is 346 g/mol. The van der Waals surface area contributed by atoms with Gasteiger partial charge in [-0.05, 0) is 30.3 Å². The second kappa shape index (κ2) is 6.35. The zero-order valence-corrected chi connectivity index (χ0v) is 12.8. The van der Waals surface area contributed by atoms with Crippen molar-refractivity contribution in [3.63, 3.8) is 0 Å². The normalized spacial score (nSPS) is 11.3. The SMILES string of the molecule is O=C(Nc1cccc(C(F)(F)F)c1)Nc1cccc2c(O)cccc12. The fourth-order valence-corrected chi connectivity index (χ4v) is 2.46. The van der Waals surface area contributed by atoms with Crippen LogP contribution in [-0.2, 0) is 6.18 Å². The lowest BCUT2D eigenvalue weighted by molar-refractivity contribution is -0.137. The number of hydrogen-bond acceptors (Lipinski definition) is 2. The van der Waals surface area contributed by atoms with Crippen LogP contribution >= 0.6 is 0 Å². The number of urea groups is 1. The van der Waals surface area contributed by atoms with Crippen LogP contribution < -0.4 is 10.6 Å². The van der Waals surface area contributed by atoms with E-state index in [1.165, 1.54) is 18.2 Å². The number of carbonyl (C=O) groups excluding carboxylic acids is 1. The second-order valence-electron chi connectivity index (χ2n) is 5.34. The van der Waals surface area contributed by atoms with Gasteiger partial charge in [-0.3, -0.25) is 0 Å². The number of nitrogens with one attached hydrogen (secondary N) is 2. The van der Waals surface area contributed by atoms with E-state index in [4.69, 9.17) is 0 Å². The molecule has 0 radical (unpaired) electrons. The van der Waals surface area contributed by atoms with Gasteiger partial charge < -0.3 is 15.7 Å². The van der Waals surface area contributed by atoms with Crippen LogP contribution in [0.1, 0.15) is 5.56 Å². The van der Waals surface area contributed by atoms with Crippen molar-refractivity contribution in [2.45, 2.75) is 6.18 Å². The van der Waals surface area contributed by atoms with Crippen molar-refractivity contribution in [2.75, 3.05) is 10.6 Å². The number of aromatic hydroxyl groups is 1. The summed E-state index contributed by atoms with van der Waals surface area (Å²) in [6.45, 7) is 0. The summed E-state index contributed by atoms with van der Waals surface area (Å²) in [4.78, 5) is 12.1. The molecule has 0 atom stereocenters. The fraction of sp³-hybridized carbons (Fsp3) is 0.0556. The highest BCUT2D eigenvalue weighted by Crippen LogP contribution is 2.31. The van der Waals surface area contributed by atoms with Gasteiger partial charge in [0.05, 0.1) is 11.3 Å². The maximum Gasteiger partial charge on any atom is 0.416 e. The molecule has 25 heavy (non-hydrogen) atoms. The van der Waals surface area contributed by atoms with E-state index in [0.29, 0.717) is 16.5 Å². The molecular weight excluding hydrogens is 333 g/mol. The Morgan fingerprint density at radius 3 is 2.32 bits per heavy atom. The Morgan fingerprint density at radius 2 is 1.56 bits per heavy atom. The number of hydrogen-bond donors (Lipinski definition) is 3. The van der Waals surface area contributed by atoms with E-state index in [9.17, 15) is 23.1 Å². The zero-order chi connectivity index (χ0) is 18.0. The maximum absolute atomic E-state index is 12.7. The number of rotatable bonds is 2. The highest BCUT2D eigenvalue weighted by atomic mass is 19.4. The molecule has 128 valence electrons. The van der Waals surface area contributed by atoms with E-state index in [0.717, 1.165) is 12.1 Å². The number of carbonyl (C=O) groups is 1. The third kappa shape index (κ3) is 3.65. The number of halogens is 3. The van der Waals surface area contributed by atoms with Crippen LogP contribution in [0, 0.1) is 0 Å². The number of phenols is 1. The van der Waals surface area contributed by atoms with Crippen molar-refractivity contribution < 1.29 is 23.1 Å².